The summed E-state index contributed by atoms with van der Waals surface area (Å²) in [6, 6.07) is 16.2. The largest absolute Gasteiger partial charge is 0.461 e. The molecule has 1 aromatic heterocycles. The molecule has 1 heterocycles. The van der Waals surface area contributed by atoms with Crippen molar-refractivity contribution in [1.29, 1.82) is 0 Å². The summed E-state index contributed by atoms with van der Waals surface area (Å²) in [6.07, 6.45) is -0.802. The average Bonchev–Trinajstić information content (AvgIpc) is 3.39. The van der Waals surface area contributed by atoms with Gasteiger partial charge in [-0.15, -0.1) is 10.1 Å². The van der Waals surface area contributed by atoms with Crippen LogP contribution in [0.2, 0.25) is 0 Å². The molecule has 0 radical (unpaired) electrons. The van der Waals surface area contributed by atoms with Crippen LogP contribution in [0, 0.1) is 19.9 Å². The zero-order chi connectivity index (χ0) is 30.6. The van der Waals surface area contributed by atoms with E-state index >= 15 is 0 Å². The number of ether oxygens (including phenoxy) is 3. The zero-order valence-corrected chi connectivity index (χ0v) is 25.8. The third-order valence-electron chi connectivity index (χ3n) is 5.94. The number of nitrogens with zero attached hydrogens (tertiary/aromatic N) is 1. The second kappa shape index (κ2) is 16.1. The third kappa shape index (κ3) is 10.6. The average molecular weight is 634 g/mol. The lowest BCUT2D eigenvalue weighted by atomic mass is 9.97. The van der Waals surface area contributed by atoms with E-state index in [1.165, 1.54) is 20.7 Å². The lowest BCUT2D eigenvalue weighted by Crippen LogP contribution is -2.37. The summed E-state index contributed by atoms with van der Waals surface area (Å²) in [6.45, 7) is 5.02. The molecule has 10 nitrogen and oxygen atoms in total. The fourth-order valence-corrected chi connectivity index (χ4v) is 6.18. The summed E-state index contributed by atoms with van der Waals surface area (Å²) < 4.78 is 16.8. The van der Waals surface area contributed by atoms with Crippen LogP contribution in [0.25, 0.3) is 10.4 Å². The maximum absolute atomic E-state index is 13.1. The molecule has 0 amide bonds. The van der Waals surface area contributed by atoms with Gasteiger partial charge in [-0.1, -0.05) is 71.0 Å². The molecule has 2 aromatic carbocycles. The van der Waals surface area contributed by atoms with Crippen molar-refractivity contribution in [1.82, 2.24) is 0 Å². The predicted octanol–water partition coefficient (Wildman–Crippen LogP) is 6.56. The summed E-state index contributed by atoms with van der Waals surface area (Å²) in [5, 5.41) is 9.30. The maximum atomic E-state index is 13.1. The Balaban J connectivity index is 1.67. The molecule has 0 saturated carbocycles. The molecule has 0 spiro atoms. The topological polar surface area (TPSA) is 131 Å². The van der Waals surface area contributed by atoms with E-state index in [1.54, 1.807) is 31.2 Å². The van der Waals surface area contributed by atoms with Gasteiger partial charge in [0.05, 0.1) is 12.5 Å². The van der Waals surface area contributed by atoms with Crippen molar-refractivity contribution in [3.05, 3.63) is 79.7 Å². The summed E-state index contributed by atoms with van der Waals surface area (Å²) in [4.78, 5) is 53.7. The van der Waals surface area contributed by atoms with Gasteiger partial charge in [0, 0.05) is 11.3 Å². The van der Waals surface area contributed by atoms with Crippen LogP contribution in [-0.4, -0.2) is 42.3 Å². The first-order valence-corrected chi connectivity index (χ1v) is 15.7. The Morgan fingerprint density at radius 1 is 0.976 bits per heavy atom. The fourth-order valence-electron chi connectivity index (χ4n) is 3.78. The van der Waals surface area contributed by atoms with Crippen molar-refractivity contribution in [2.45, 2.75) is 52.1 Å². The maximum Gasteiger partial charge on any atom is 0.356 e. The van der Waals surface area contributed by atoms with Gasteiger partial charge in [0.1, 0.15) is 16.2 Å². The van der Waals surface area contributed by atoms with Crippen molar-refractivity contribution in [2.75, 3.05) is 13.2 Å². The minimum Gasteiger partial charge on any atom is -0.461 e. The lowest BCUT2D eigenvalue weighted by Gasteiger charge is -2.19. The van der Waals surface area contributed by atoms with Gasteiger partial charge in [-0.3, -0.25) is 9.59 Å². The standard InChI is InChI=1S/C29H31NO9S3/c1-18(2)15-20-6-8-21(9-7-20)19(3)28(32)39-24(17-36-26(31)5-4-14-37-30(34)35)29(33)38-23-12-10-22(11-13-23)25-16-27(40)42-41-25/h6-13,16,18-19,24H,4-5,14-15,17H2,1-3H3. The van der Waals surface area contributed by atoms with E-state index < -0.39 is 41.6 Å². The number of carbonyl (C=O) groups is 3. The second-order valence-electron chi connectivity index (χ2n) is 9.77. The highest BCUT2D eigenvalue weighted by Crippen LogP contribution is 2.30. The Hall–Kier alpha value is -3.68. The predicted molar refractivity (Wildman–Crippen MR) is 161 cm³/mol. The van der Waals surface area contributed by atoms with Gasteiger partial charge in [0.25, 0.3) is 5.09 Å². The number of carbonyl (C=O) groups excluding carboxylic acids is 3. The lowest BCUT2D eigenvalue weighted by molar-refractivity contribution is -0.757. The van der Waals surface area contributed by atoms with Crippen molar-refractivity contribution in [3.63, 3.8) is 0 Å². The Morgan fingerprint density at radius 2 is 1.67 bits per heavy atom. The van der Waals surface area contributed by atoms with Crippen molar-refractivity contribution in [2.24, 2.45) is 5.92 Å². The van der Waals surface area contributed by atoms with Gasteiger partial charge >= 0.3 is 17.9 Å². The summed E-state index contributed by atoms with van der Waals surface area (Å²) in [7, 11) is 3.02. The van der Waals surface area contributed by atoms with E-state index in [0.717, 1.165) is 26.2 Å². The van der Waals surface area contributed by atoms with Crippen molar-refractivity contribution in [3.8, 4) is 16.2 Å². The Kier molecular flexibility index (Phi) is 12.6. The Morgan fingerprint density at radius 3 is 2.26 bits per heavy atom. The Labute approximate surface area is 255 Å². The zero-order valence-electron chi connectivity index (χ0n) is 23.3. The van der Waals surface area contributed by atoms with Gasteiger partial charge in [-0.05, 0) is 72.7 Å². The molecule has 0 fully saturated rings. The molecular formula is C29H31NO9S3. The van der Waals surface area contributed by atoms with Crippen LogP contribution in [0.3, 0.4) is 0 Å². The quantitative estimate of drug-likeness (QED) is 0.0345. The van der Waals surface area contributed by atoms with Crippen LogP contribution in [0.1, 0.15) is 50.7 Å². The van der Waals surface area contributed by atoms with Crippen molar-refractivity contribution < 1.29 is 38.5 Å². The molecule has 3 aromatic rings. The van der Waals surface area contributed by atoms with Gasteiger partial charge in [-0.25, -0.2) is 4.79 Å². The van der Waals surface area contributed by atoms with Crippen LogP contribution in [0.15, 0.2) is 54.6 Å². The number of hydrogen-bond donors (Lipinski definition) is 0. The Bertz CT molecular complexity index is 1420. The molecule has 13 heteroatoms. The van der Waals surface area contributed by atoms with Gasteiger partial charge in [0.2, 0.25) is 6.10 Å². The fraction of sp³-hybridized carbons (Fsp3) is 0.379. The molecular weight excluding hydrogens is 603 g/mol. The van der Waals surface area contributed by atoms with Gasteiger partial charge < -0.3 is 19.0 Å². The van der Waals surface area contributed by atoms with E-state index in [2.05, 4.69) is 18.7 Å². The second-order valence-corrected chi connectivity index (χ2v) is 12.7. The van der Waals surface area contributed by atoms with E-state index in [4.69, 9.17) is 26.4 Å². The first-order chi connectivity index (χ1) is 20.0. The monoisotopic (exact) mass is 633 g/mol. The molecule has 2 unspecified atom stereocenters. The normalized spacial score (nSPS) is 12.3. The number of esters is 3. The summed E-state index contributed by atoms with van der Waals surface area (Å²) in [5.74, 6) is -2.37. The smallest absolute Gasteiger partial charge is 0.356 e. The molecule has 0 N–H and O–H groups in total. The minimum atomic E-state index is -1.54. The van der Waals surface area contributed by atoms with Crippen LogP contribution in [0.4, 0.5) is 0 Å². The highest BCUT2D eigenvalue weighted by molar-refractivity contribution is 7.80. The third-order valence-corrected chi connectivity index (χ3v) is 8.85. The van der Waals surface area contributed by atoms with Gasteiger partial charge in [0.15, 0.2) is 0 Å². The van der Waals surface area contributed by atoms with Crippen molar-refractivity contribution >= 4 is 50.8 Å². The van der Waals surface area contributed by atoms with Crippen LogP contribution >= 0.6 is 32.9 Å². The van der Waals surface area contributed by atoms with E-state index in [1.807, 2.05) is 30.3 Å². The van der Waals surface area contributed by atoms with Gasteiger partial charge in [-0.2, -0.15) is 0 Å². The molecule has 0 aliphatic carbocycles. The molecule has 0 aliphatic heterocycles. The summed E-state index contributed by atoms with van der Waals surface area (Å²) in [5.41, 5.74) is 2.75. The first kappa shape index (κ1) is 32.8. The van der Waals surface area contributed by atoms with E-state index in [9.17, 15) is 24.5 Å². The number of hydrogen-bond acceptors (Lipinski definition) is 12. The highest BCUT2D eigenvalue weighted by atomic mass is 32.9. The molecule has 42 heavy (non-hydrogen) atoms. The number of benzene rings is 2. The van der Waals surface area contributed by atoms with Crippen LogP contribution in [-0.2, 0) is 35.1 Å². The summed E-state index contributed by atoms with van der Waals surface area (Å²) >= 11 is 5.18. The SMILES string of the molecule is CC(C)Cc1ccc(C(C)C(=O)OC(COC(=O)CCCO[N+](=O)[O-])C(=O)Oc2ccc(-c3cc(=S)ss3)cc2)cc1. The molecule has 0 saturated heterocycles. The molecule has 3 rings (SSSR count). The first-order valence-electron chi connectivity index (χ1n) is 13.2. The van der Waals surface area contributed by atoms with Crippen LogP contribution < -0.4 is 4.74 Å². The molecule has 0 aliphatic rings. The van der Waals surface area contributed by atoms with E-state index in [0.29, 0.717) is 11.5 Å². The van der Waals surface area contributed by atoms with Crippen LogP contribution in [0.5, 0.6) is 5.75 Å². The molecule has 2 atom stereocenters. The molecule has 0 bridgehead atoms. The molecule has 224 valence electrons. The highest BCUT2D eigenvalue weighted by Gasteiger charge is 2.30. The number of rotatable bonds is 15. The van der Waals surface area contributed by atoms with E-state index in [-0.39, 0.29) is 25.2 Å². The minimum absolute atomic E-state index is 0.0306.